The Morgan fingerprint density at radius 1 is 0.950 bits per heavy atom. The Labute approximate surface area is 122 Å². The SMILES string of the molecule is CNCc1cccc(CN(C)Cc2ccccc2C)c1. The molecule has 2 heteroatoms. The van der Waals surface area contributed by atoms with Crippen molar-refractivity contribution in [3.05, 3.63) is 70.8 Å². The molecule has 2 nitrogen and oxygen atoms in total. The van der Waals surface area contributed by atoms with Crippen LogP contribution in [0.25, 0.3) is 0 Å². The molecule has 2 aromatic rings. The van der Waals surface area contributed by atoms with Crippen LogP contribution in [0.3, 0.4) is 0 Å². The molecule has 0 heterocycles. The molecule has 1 N–H and O–H groups in total. The molecule has 0 unspecified atom stereocenters. The molecule has 2 rings (SSSR count). The fourth-order valence-corrected chi connectivity index (χ4v) is 2.49. The normalized spacial score (nSPS) is 11.0. The predicted molar refractivity (Wildman–Crippen MR) is 85.6 cm³/mol. The maximum Gasteiger partial charge on any atom is 0.0236 e. The first-order valence-corrected chi connectivity index (χ1v) is 7.14. The van der Waals surface area contributed by atoms with Crippen LogP contribution in [-0.2, 0) is 19.6 Å². The van der Waals surface area contributed by atoms with E-state index in [1.54, 1.807) is 0 Å². The largest absolute Gasteiger partial charge is 0.316 e. The van der Waals surface area contributed by atoms with Crippen molar-refractivity contribution in [1.82, 2.24) is 10.2 Å². The first-order valence-electron chi connectivity index (χ1n) is 7.14. The highest BCUT2D eigenvalue weighted by Gasteiger charge is 2.04. The second kappa shape index (κ2) is 7.22. The van der Waals surface area contributed by atoms with Gasteiger partial charge in [0.1, 0.15) is 0 Å². The zero-order valence-electron chi connectivity index (χ0n) is 12.7. The summed E-state index contributed by atoms with van der Waals surface area (Å²) in [5.41, 5.74) is 5.48. The average molecular weight is 268 g/mol. The molecule has 0 atom stereocenters. The molecule has 0 aliphatic carbocycles. The quantitative estimate of drug-likeness (QED) is 0.864. The lowest BCUT2D eigenvalue weighted by Gasteiger charge is -2.18. The number of benzene rings is 2. The lowest BCUT2D eigenvalue weighted by atomic mass is 10.1. The summed E-state index contributed by atoms with van der Waals surface area (Å²) in [6.07, 6.45) is 0. The number of hydrogen-bond acceptors (Lipinski definition) is 2. The second-order valence-corrected chi connectivity index (χ2v) is 5.45. The Kier molecular flexibility index (Phi) is 5.33. The van der Waals surface area contributed by atoms with Gasteiger partial charge in [0.2, 0.25) is 0 Å². The maximum absolute atomic E-state index is 3.20. The molecule has 0 spiro atoms. The second-order valence-electron chi connectivity index (χ2n) is 5.45. The van der Waals surface area contributed by atoms with E-state index in [2.05, 4.69) is 72.7 Å². The Balaban J connectivity index is 1.99. The van der Waals surface area contributed by atoms with Gasteiger partial charge in [-0.2, -0.15) is 0 Å². The van der Waals surface area contributed by atoms with Crippen LogP contribution in [0.5, 0.6) is 0 Å². The van der Waals surface area contributed by atoms with E-state index < -0.39 is 0 Å². The minimum Gasteiger partial charge on any atom is -0.316 e. The first kappa shape index (κ1) is 14.8. The summed E-state index contributed by atoms with van der Waals surface area (Å²) < 4.78 is 0. The number of rotatable bonds is 6. The highest BCUT2D eigenvalue weighted by Crippen LogP contribution is 2.13. The van der Waals surface area contributed by atoms with Gasteiger partial charge in [0, 0.05) is 19.6 Å². The maximum atomic E-state index is 3.20. The minimum absolute atomic E-state index is 0.926. The molecule has 0 aromatic heterocycles. The Bertz CT molecular complexity index is 549. The molecular formula is C18H24N2. The Morgan fingerprint density at radius 3 is 2.45 bits per heavy atom. The molecule has 2 aromatic carbocycles. The van der Waals surface area contributed by atoms with Crippen molar-refractivity contribution in [1.29, 1.82) is 0 Å². The summed E-state index contributed by atoms with van der Waals surface area (Å²) in [5, 5.41) is 3.20. The summed E-state index contributed by atoms with van der Waals surface area (Å²) in [4.78, 5) is 2.36. The van der Waals surface area contributed by atoms with Crippen LogP contribution in [0.2, 0.25) is 0 Å². The fourth-order valence-electron chi connectivity index (χ4n) is 2.49. The lowest BCUT2D eigenvalue weighted by Crippen LogP contribution is -2.18. The van der Waals surface area contributed by atoms with Gasteiger partial charge in [0.05, 0.1) is 0 Å². The number of nitrogens with zero attached hydrogens (tertiary/aromatic N) is 1. The minimum atomic E-state index is 0.926. The first-order chi connectivity index (χ1) is 9.69. The topological polar surface area (TPSA) is 15.3 Å². The third kappa shape index (κ3) is 4.19. The molecule has 106 valence electrons. The van der Waals surface area contributed by atoms with Crippen LogP contribution in [0.4, 0.5) is 0 Å². The lowest BCUT2D eigenvalue weighted by molar-refractivity contribution is 0.318. The molecule has 0 saturated heterocycles. The molecule has 0 radical (unpaired) electrons. The average Bonchev–Trinajstić information content (AvgIpc) is 2.42. The molecule has 0 aliphatic rings. The van der Waals surface area contributed by atoms with E-state index in [1.165, 1.54) is 22.3 Å². The summed E-state index contributed by atoms with van der Waals surface area (Å²) in [6.45, 7) is 5.07. The molecular weight excluding hydrogens is 244 g/mol. The molecule has 0 fully saturated rings. The van der Waals surface area contributed by atoms with E-state index in [9.17, 15) is 0 Å². The Hall–Kier alpha value is -1.64. The van der Waals surface area contributed by atoms with E-state index in [0.29, 0.717) is 0 Å². The summed E-state index contributed by atoms with van der Waals surface area (Å²) in [7, 11) is 4.16. The molecule has 0 amide bonds. The van der Waals surface area contributed by atoms with Gasteiger partial charge in [-0.3, -0.25) is 4.90 Å². The van der Waals surface area contributed by atoms with Crippen LogP contribution in [0.1, 0.15) is 22.3 Å². The summed E-state index contributed by atoms with van der Waals surface area (Å²) in [6, 6.07) is 17.4. The number of aryl methyl sites for hydroxylation is 1. The standard InChI is InChI=1S/C18H24N2/c1-15-7-4-5-10-18(15)14-20(3)13-17-9-6-8-16(11-17)12-19-2/h4-11,19H,12-14H2,1-3H3. The monoisotopic (exact) mass is 268 g/mol. The molecule has 0 bridgehead atoms. The van der Waals surface area contributed by atoms with Crippen molar-refractivity contribution >= 4 is 0 Å². The van der Waals surface area contributed by atoms with Gasteiger partial charge in [-0.1, -0.05) is 48.5 Å². The smallest absolute Gasteiger partial charge is 0.0236 e. The molecule has 20 heavy (non-hydrogen) atoms. The summed E-state index contributed by atoms with van der Waals surface area (Å²) >= 11 is 0. The van der Waals surface area contributed by atoms with Gasteiger partial charge in [0.15, 0.2) is 0 Å². The number of nitrogens with one attached hydrogen (secondary N) is 1. The third-order valence-electron chi connectivity index (χ3n) is 3.53. The van der Waals surface area contributed by atoms with Gasteiger partial charge in [-0.25, -0.2) is 0 Å². The fraction of sp³-hybridized carbons (Fsp3) is 0.333. The zero-order valence-corrected chi connectivity index (χ0v) is 12.7. The van der Waals surface area contributed by atoms with Crippen LogP contribution >= 0.6 is 0 Å². The van der Waals surface area contributed by atoms with Crippen molar-refractivity contribution in [3.63, 3.8) is 0 Å². The van der Waals surface area contributed by atoms with E-state index in [1.807, 2.05) is 7.05 Å². The summed E-state index contributed by atoms with van der Waals surface area (Å²) in [5.74, 6) is 0. The van der Waals surface area contributed by atoms with Gasteiger partial charge in [-0.05, 0) is 43.3 Å². The zero-order chi connectivity index (χ0) is 14.4. The van der Waals surface area contributed by atoms with Crippen LogP contribution in [-0.4, -0.2) is 19.0 Å². The Morgan fingerprint density at radius 2 is 1.70 bits per heavy atom. The molecule has 0 aliphatic heterocycles. The molecule has 0 saturated carbocycles. The van der Waals surface area contributed by atoms with Gasteiger partial charge < -0.3 is 5.32 Å². The third-order valence-corrected chi connectivity index (χ3v) is 3.53. The van der Waals surface area contributed by atoms with E-state index in [-0.39, 0.29) is 0 Å². The van der Waals surface area contributed by atoms with Crippen LogP contribution < -0.4 is 5.32 Å². The highest BCUT2D eigenvalue weighted by molar-refractivity contribution is 5.26. The van der Waals surface area contributed by atoms with Crippen molar-refractivity contribution in [2.75, 3.05) is 14.1 Å². The van der Waals surface area contributed by atoms with Gasteiger partial charge >= 0.3 is 0 Å². The predicted octanol–water partition coefficient (Wildman–Crippen LogP) is 3.35. The van der Waals surface area contributed by atoms with Gasteiger partial charge in [-0.15, -0.1) is 0 Å². The van der Waals surface area contributed by atoms with E-state index >= 15 is 0 Å². The van der Waals surface area contributed by atoms with Crippen molar-refractivity contribution in [3.8, 4) is 0 Å². The van der Waals surface area contributed by atoms with Crippen LogP contribution in [0, 0.1) is 6.92 Å². The highest BCUT2D eigenvalue weighted by atomic mass is 15.1. The number of hydrogen-bond donors (Lipinski definition) is 1. The van der Waals surface area contributed by atoms with E-state index in [0.717, 1.165) is 19.6 Å². The van der Waals surface area contributed by atoms with Gasteiger partial charge in [0.25, 0.3) is 0 Å². The van der Waals surface area contributed by atoms with Crippen molar-refractivity contribution in [2.24, 2.45) is 0 Å². The van der Waals surface area contributed by atoms with Crippen molar-refractivity contribution in [2.45, 2.75) is 26.6 Å². The van der Waals surface area contributed by atoms with Crippen molar-refractivity contribution < 1.29 is 0 Å². The van der Waals surface area contributed by atoms with Crippen LogP contribution in [0.15, 0.2) is 48.5 Å². The van der Waals surface area contributed by atoms with E-state index in [4.69, 9.17) is 0 Å².